The summed E-state index contributed by atoms with van der Waals surface area (Å²) in [4.78, 5) is 263. The Morgan fingerprint density at radius 3 is 0.799 bits per heavy atom. The summed E-state index contributed by atoms with van der Waals surface area (Å²) in [6, 6.07) is 57.4. The fourth-order valence-corrected chi connectivity index (χ4v) is 13.6. The number of rotatable bonds is 61. The molecule has 11 N–H and O–H groups in total. The Bertz CT molecular complexity index is 5500. The third-order valence-electron chi connectivity index (χ3n) is 21.2. The van der Waals surface area contributed by atoms with E-state index in [1.54, 1.807) is 237 Å². The standard InChI is InChI=1S/C105H121N11O28/c1-105(2,3)144-104(135)116-82(99(130)115-81(98(129)109-60-93(124)113-85(102(133)142-69-77-40-24-10-25-41-77)49-55-96(127)139-66-74-34-18-7-19-35-74)45-51-88(119)107-58-91(122)114-86(103(134)143-70-78-42-26-11-27-43-78)56-79(61-117)63-136-62-71-28-12-4-13-29-71)46-52-89(120)110-80(97(128)108-59-92(123)112-84(101(132)141-68-76-38-22-9-23-39-76)48-54-95(126)138-65-73-32-16-6-17-33-73)44-50-87(118)106-57-90(121)111-83(100(131)140-67-75-36-20-8-21-37-75)47-53-94(125)137-64-72-30-14-5-15-31-72/h4-43,61,79-86H,44-60,62-70H2,1-3H3,(H,106,118)(H,107,119)(H,108,128)(H,109,129)(H,110,120)(H,111,121)(H,112,123)(H,113,124)(H,114,122)(H,115,130)(H,116,135). The summed E-state index contributed by atoms with van der Waals surface area (Å²) in [5.74, 6) is -17.7. The van der Waals surface area contributed by atoms with Gasteiger partial charge in [0.25, 0.3) is 0 Å². The maximum Gasteiger partial charge on any atom is 0.408 e. The third-order valence-corrected chi connectivity index (χ3v) is 21.2. The summed E-state index contributed by atoms with van der Waals surface area (Å²) in [5, 5.41) is 26.6. The van der Waals surface area contributed by atoms with Crippen molar-refractivity contribution in [3.05, 3.63) is 287 Å². The molecular formula is C105H121N11O28. The summed E-state index contributed by atoms with van der Waals surface area (Å²) in [6.07, 6.45) is -7.63. The number of amides is 11. The van der Waals surface area contributed by atoms with Crippen molar-refractivity contribution in [3.63, 3.8) is 0 Å². The molecule has 8 rings (SSSR count). The zero-order valence-corrected chi connectivity index (χ0v) is 80.1. The van der Waals surface area contributed by atoms with Crippen molar-refractivity contribution < 1.29 is 134 Å². The highest BCUT2D eigenvalue weighted by atomic mass is 16.6. The van der Waals surface area contributed by atoms with Crippen molar-refractivity contribution in [2.45, 2.75) is 205 Å². The van der Waals surface area contributed by atoms with Crippen LogP contribution in [0.4, 0.5) is 4.79 Å². The highest BCUT2D eigenvalue weighted by Crippen LogP contribution is 2.18. The van der Waals surface area contributed by atoms with Crippen molar-refractivity contribution in [1.29, 1.82) is 0 Å². The van der Waals surface area contributed by atoms with Gasteiger partial charge in [-0.05, 0) is 110 Å². The lowest BCUT2D eigenvalue weighted by atomic mass is 10.0. The van der Waals surface area contributed by atoms with Gasteiger partial charge in [-0.3, -0.25) is 62.3 Å². The van der Waals surface area contributed by atoms with E-state index >= 15 is 4.79 Å². The van der Waals surface area contributed by atoms with Gasteiger partial charge in [0.1, 0.15) is 100 Å². The van der Waals surface area contributed by atoms with Gasteiger partial charge in [-0.2, -0.15) is 0 Å². The van der Waals surface area contributed by atoms with Crippen molar-refractivity contribution in [3.8, 4) is 0 Å². The van der Waals surface area contributed by atoms with Crippen molar-refractivity contribution in [2.24, 2.45) is 5.92 Å². The molecule has 0 saturated carbocycles. The van der Waals surface area contributed by atoms with Crippen LogP contribution in [-0.2, 0) is 182 Å². The van der Waals surface area contributed by atoms with Crippen LogP contribution >= 0.6 is 0 Å². The second kappa shape index (κ2) is 62.7. The Morgan fingerprint density at radius 2 is 0.500 bits per heavy atom. The first-order valence-corrected chi connectivity index (χ1v) is 46.7. The lowest BCUT2D eigenvalue weighted by Gasteiger charge is -2.25. The van der Waals surface area contributed by atoms with Crippen LogP contribution in [0.5, 0.6) is 0 Å². The average Bonchev–Trinajstić information content (AvgIpc) is 0.874. The molecule has 39 heteroatoms. The number of hydrogen-bond acceptors (Lipinski definition) is 28. The molecule has 0 heterocycles. The first-order valence-electron chi connectivity index (χ1n) is 46.7. The molecule has 0 saturated heterocycles. The minimum Gasteiger partial charge on any atom is -0.461 e. The molecule has 0 aliphatic rings. The molecule has 144 heavy (non-hydrogen) atoms. The topological polar surface area (TPSA) is 540 Å². The van der Waals surface area contributed by atoms with E-state index < -0.39 is 238 Å². The Kier molecular flexibility index (Phi) is 49.1. The van der Waals surface area contributed by atoms with Gasteiger partial charge >= 0.3 is 47.9 Å². The highest BCUT2D eigenvalue weighted by Gasteiger charge is 2.35. The van der Waals surface area contributed by atoms with Crippen LogP contribution in [0.1, 0.15) is 149 Å². The Hall–Kier alpha value is -16.4. The monoisotopic (exact) mass is 1980 g/mol. The molecule has 0 radical (unpaired) electrons. The van der Waals surface area contributed by atoms with E-state index in [0.29, 0.717) is 45.2 Å². The van der Waals surface area contributed by atoms with Gasteiger partial charge in [0.2, 0.25) is 59.1 Å². The third kappa shape index (κ3) is 46.2. The molecule has 764 valence electrons. The van der Waals surface area contributed by atoms with Gasteiger partial charge in [-0.25, -0.2) is 24.0 Å². The number of nitrogens with one attached hydrogen (secondary N) is 11. The SMILES string of the molecule is CC(C)(C)OC(=O)NC(CCC(=O)NC(CCC(=O)NCC(=O)NC(CCC(=O)OCc1ccccc1)C(=O)OCc1ccccc1)C(=O)NCC(=O)NC(CCC(=O)OCc1ccccc1)C(=O)OCc1ccccc1)C(=O)NC(CCC(=O)NCC(=O)NC(CC(C=O)COCc1ccccc1)C(=O)OCc1ccccc1)C(=O)NCC(=O)NC(CCC(=O)OCc1ccccc1)C(=O)OCc1ccccc1. The molecular weight excluding hydrogens is 1860 g/mol. The molecule has 8 aromatic rings. The smallest absolute Gasteiger partial charge is 0.408 e. The largest absolute Gasteiger partial charge is 0.461 e. The van der Waals surface area contributed by atoms with E-state index in [2.05, 4.69) is 58.5 Å². The molecule has 0 aliphatic carbocycles. The molecule has 0 fully saturated rings. The van der Waals surface area contributed by atoms with E-state index in [4.69, 9.17) is 42.6 Å². The van der Waals surface area contributed by atoms with Crippen LogP contribution in [0.15, 0.2) is 243 Å². The van der Waals surface area contributed by atoms with Gasteiger partial charge in [-0.15, -0.1) is 0 Å². The quantitative estimate of drug-likeness (QED) is 0.0109. The van der Waals surface area contributed by atoms with Crippen molar-refractivity contribution >= 4 is 113 Å². The maximum atomic E-state index is 15.0. The van der Waals surface area contributed by atoms with Gasteiger partial charge < -0.3 is 106 Å². The van der Waals surface area contributed by atoms with Crippen LogP contribution in [0.2, 0.25) is 0 Å². The first-order chi connectivity index (χ1) is 69.4. The molecule has 0 spiro atoms. The molecule has 8 aromatic carbocycles. The first kappa shape index (κ1) is 113. The Morgan fingerprint density at radius 1 is 0.257 bits per heavy atom. The van der Waals surface area contributed by atoms with E-state index in [1.807, 2.05) is 6.07 Å². The summed E-state index contributed by atoms with van der Waals surface area (Å²) in [7, 11) is 0. The second-order valence-corrected chi connectivity index (χ2v) is 34.0. The number of esters is 7. The van der Waals surface area contributed by atoms with Crippen LogP contribution in [0.3, 0.4) is 0 Å². The number of carbonyl (C=O) groups is 19. The molecule has 0 aliphatic heterocycles. The number of ether oxygens (including phenoxy) is 9. The van der Waals surface area contributed by atoms with E-state index in [9.17, 15) is 86.3 Å². The summed E-state index contributed by atoms with van der Waals surface area (Å²) in [6.45, 7) is -0.516. The fraction of sp³-hybridized carbons (Fsp3) is 0.362. The Balaban J connectivity index is 1.01. The highest BCUT2D eigenvalue weighted by molar-refractivity contribution is 5.97. The second-order valence-electron chi connectivity index (χ2n) is 34.0. The summed E-state index contributed by atoms with van der Waals surface area (Å²) in [5.41, 5.74) is 3.83. The fourth-order valence-electron chi connectivity index (χ4n) is 13.6. The van der Waals surface area contributed by atoms with E-state index in [1.165, 1.54) is 20.8 Å². The zero-order chi connectivity index (χ0) is 104. The van der Waals surface area contributed by atoms with Crippen LogP contribution < -0.4 is 58.5 Å². The molecule has 8 atom stereocenters. The number of hydrogen-bond donors (Lipinski definition) is 11. The predicted octanol–water partition coefficient (Wildman–Crippen LogP) is 6.56. The molecule has 0 aromatic heterocycles. The van der Waals surface area contributed by atoms with E-state index in [0.717, 1.165) is 5.56 Å². The molecule has 39 nitrogen and oxygen atoms in total. The summed E-state index contributed by atoms with van der Waals surface area (Å²) >= 11 is 0. The normalized spacial score (nSPS) is 12.5. The number of benzene rings is 8. The van der Waals surface area contributed by atoms with Gasteiger partial charge in [0.15, 0.2) is 0 Å². The zero-order valence-electron chi connectivity index (χ0n) is 80.1. The minimum atomic E-state index is -1.92. The summed E-state index contributed by atoms with van der Waals surface area (Å²) < 4.78 is 49.7. The lowest BCUT2D eigenvalue weighted by Crippen LogP contribution is -2.56. The van der Waals surface area contributed by atoms with Gasteiger partial charge in [0, 0.05) is 44.4 Å². The lowest BCUT2D eigenvalue weighted by molar-refractivity contribution is -0.151. The van der Waals surface area contributed by atoms with Gasteiger partial charge in [-0.1, -0.05) is 243 Å². The number of alkyl carbamates (subject to hydrolysis) is 1. The molecule has 8 unspecified atom stereocenters. The van der Waals surface area contributed by atoms with Gasteiger partial charge in [0.05, 0.1) is 39.4 Å². The Labute approximate surface area is 832 Å². The molecule has 0 bridgehead atoms. The number of aldehydes is 1. The average molecular weight is 1990 g/mol. The maximum absolute atomic E-state index is 15.0. The number of carbonyl (C=O) groups excluding carboxylic acids is 19. The van der Waals surface area contributed by atoms with Crippen LogP contribution in [0.25, 0.3) is 0 Å². The van der Waals surface area contributed by atoms with Crippen LogP contribution in [-0.4, -0.2) is 194 Å². The van der Waals surface area contributed by atoms with Crippen molar-refractivity contribution in [2.75, 3.05) is 32.8 Å². The van der Waals surface area contributed by atoms with E-state index in [-0.39, 0.29) is 91.6 Å². The predicted molar refractivity (Wildman–Crippen MR) is 516 cm³/mol. The molecule has 11 amide bonds. The van der Waals surface area contributed by atoms with Crippen LogP contribution in [0, 0.1) is 5.92 Å². The van der Waals surface area contributed by atoms with Crippen molar-refractivity contribution in [1.82, 2.24) is 58.5 Å². The minimum absolute atomic E-state index is 0.0899.